The summed E-state index contributed by atoms with van der Waals surface area (Å²) < 4.78 is 11.3. The highest BCUT2D eigenvalue weighted by molar-refractivity contribution is 7.80. The van der Waals surface area contributed by atoms with Crippen molar-refractivity contribution in [3.05, 3.63) is 107 Å². The zero-order valence-corrected chi connectivity index (χ0v) is 20.5. The predicted molar refractivity (Wildman–Crippen MR) is 139 cm³/mol. The minimum atomic E-state index is -0.389. The third kappa shape index (κ3) is 4.31. The standard InChI is InChI=1S/C28H25N3O3S/c1-17-10-11-21(15-18(17)2)31-26(25(30-28(31)35)22-9-4-5-14-29-22)24-13-12-23(34-24)19-7-6-8-20(16-19)27(32)33-3/h4-16,25-26H,1-3H3,(H,30,35)/t25-,26+/m0/s1. The average molecular weight is 484 g/mol. The van der Waals surface area contributed by atoms with Crippen molar-refractivity contribution in [2.24, 2.45) is 0 Å². The van der Waals surface area contributed by atoms with Crippen LogP contribution in [0.5, 0.6) is 0 Å². The highest BCUT2D eigenvalue weighted by Crippen LogP contribution is 2.43. The predicted octanol–water partition coefficient (Wildman–Crippen LogP) is 5.92. The fourth-order valence-corrected chi connectivity index (χ4v) is 4.73. The Morgan fingerprint density at radius 2 is 1.89 bits per heavy atom. The second-order valence-corrected chi connectivity index (χ2v) is 8.93. The molecule has 176 valence electrons. The van der Waals surface area contributed by atoms with Gasteiger partial charge < -0.3 is 19.4 Å². The third-order valence-corrected chi connectivity index (χ3v) is 6.67. The number of esters is 1. The minimum Gasteiger partial charge on any atom is -0.465 e. The molecular formula is C28H25N3O3S. The van der Waals surface area contributed by atoms with Crippen molar-refractivity contribution in [2.45, 2.75) is 25.9 Å². The molecule has 5 rings (SSSR count). The molecule has 6 nitrogen and oxygen atoms in total. The van der Waals surface area contributed by atoms with E-state index in [0.717, 1.165) is 22.7 Å². The number of aryl methyl sites for hydroxylation is 2. The minimum absolute atomic E-state index is 0.203. The van der Waals surface area contributed by atoms with Gasteiger partial charge in [0.25, 0.3) is 0 Å². The molecule has 0 spiro atoms. The maximum absolute atomic E-state index is 12.0. The van der Waals surface area contributed by atoms with Crippen molar-refractivity contribution >= 4 is 29.0 Å². The molecule has 0 unspecified atom stereocenters. The van der Waals surface area contributed by atoms with Gasteiger partial charge in [0, 0.05) is 17.4 Å². The Labute approximate surface area is 209 Å². The molecule has 3 heterocycles. The van der Waals surface area contributed by atoms with Crippen molar-refractivity contribution in [3.63, 3.8) is 0 Å². The molecule has 1 aliphatic rings. The summed E-state index contributed by atoms with van der Waals surface area (Å²) in [5.41, 5.74) is 5.52. The Morgan fingerprint density at radius 3 is 2.63 bits per heavy atom. The number of benzene rings is 2. The number of hydrogen-bond donors (Lipinski definition) is 1. The number of pyridine rings is 1. The number of hydrogen-bond acceptors (Lipinski definition) is 5. The molecule has 0 radical (unpaired) electrons. The fraction of sp³-hybridized carbons (Fsp3) is 0.179. The number of nitrogens with zero attached hydrogens (tertiary/aromatic N) is 2. The number of rotatable bonds is 5. The molecule has 1 aliphatic heterocycles. The smallest absolute Gasteiger partial charge is 0.337 e. The average Bonchev–Trinajstić information content (AvgIpc) is 3.50. The van der Waals surface area contributed by atoms with E-state index in [1.807, 2.05) is 42.5 Å². The topological polar surface area (TPSA) is 67.6 Å². The number of carbonyl (C=O) groups excluding carboxylic acids is 1. The van der Waals surface area contributed by atoms with Gasteiger partial charge in [-0.25, -0.2) is 4.79 Å². The van der Waals surface area contributed by atoms with E-state index in [9.17, 15) is 4.79 Å². The van der Waals surface area contributed by atoms with Gasteiger partial charge in [-0.3, -0.25) is 4.98 Å². The van der Waals surface area contributed by atoms with Gasteiger partial charge >= 0.3 is 5.97 Å². The lowest BCUT2D eigenvalue weighted by Crippen LogP contribution is -2.29. The van der Waals surface area contributed by atoms with Gasteiger partial charge in [0.15, 0.2) is 5.11 Å². The lowest BCUT2D eigenvalue weighted by molar-refractivity contribution is 0.0601. The lowest BCUT2D eigenvalue weighted by atomic mass is 10.0. The number of methoxy groups -OCH3 is 1. The molecule has 35 heavy (non-hydrogen) atoms. The van der Waals surface area contributed by atoms with E-state index >= 15 is 0 Å². The van der Waals surface area contributed by atoms with E-state index in [-0.39, 0.29) is 18.1 Å². The summed E-state index contributed by atoms with van der Waals surface area (Å²) in [7, 11) is 1.37. The SMILES string of the molecule is COC(=O)c1cccc(-c2ccc([C@@H]3[C@H](c4ccccn4)NC(=S)N3c3ccc(C)c(C)c3)o2)c1. The van der Waals surface area contributed by atoms with Crippen LogP contribution in [-0.4, -0.2) is 23.2 Å². The first-order valence-electron chi connectivity index (χ1n) is 11.3. The zero-order valence-electron chi connectivity index (χ0n) is 19.7. The third-order valence-electron chi connectivity index (χ3n) is 6.35. The Hall–Kier alpha value is -3.97. The van der Waals surface area contributed by atoms with E-state index in [4.69, 9.17) is 21.4 Å². The van der Waals surface area contributed by atoms with Gasteiger partial charge in [-0.15, -0.1) is 0 Å². The molecule has 1 N–H and O–H groups in total. The number of nitrogens with one attached hydrogen (secondary N) is 1. The number of anilines is 1. The summed E-state index contributed by atoms with van der Waals surface area (Å²) >= 11 is 5.81. The highest BCUT2D eigenvalue weighted by Gasteiger charge is 2.42. The van der Waals surface area contributed by atoms with Crippen molar-refractivity contribution in [1.82, 2.24) is 10.3 Å². The summed E-state index contributed by atoms with van der Waals surface area (Å²) in [4.78, 5) is 18.7. The second-order valence-electron chi connectivity index (χ2n) is 8.54. The molecule has 4 aromatic rings. The van der Waals surface area contributed by atoms with Crippen LogP contribution in [0.4, 0.5) is 5.69 Å². The number of aromatic nitrogens is 1. The van der Waals surface area contributed by atoms with Crippen LogP contribution >= 0.6 is 12.2 Å². The molecule has 2 aromatic carbocycles. The molecular weight excluding hydrogens is 458 g/mol. The quantitative estimate of drug-likeness (QED) is 0.279. The van der Waals surface area contributed by atoms with E-state index < -0.39 is 0 Å². The van der Waals surface area contributed by atoms with Gasteiger partial charge in [0.05, 0.1) is 24.4 Å². The molecule has 0 bridgehead atoms. The maximum Gasteiger partial charge on any atom is 0.337 e. The number of thiocarbonyl (C=S) groups is 1. The van der Waals surface area contributed by atoms with Crippen molar-refractivity contribution in [2.75, 3.05) is 12.0 Å². The van der Waals surface area contributed by atoms with Crippen LogP contribution in [0.3, 0.4) is 0 Å². The first-order valence-corrected chi connectivity index (χ1v) is 11.7. The van der Waals surface area contributed by atoms with E-state index in [1.54, 1.807) is 18.3 Å². The first-order chi connectivity index (χ1) is 17.0. The van der Waals surface area contributed by atoms with Crippen LogP contribution < -0.4 is 10.2 Å². The van der Waals surface area contributed by atoms with Gasteiger partial charge in [0.2, 0.25) is 0 Å². The van der Waals surface area contributed by atoms with Gasteiger partial charge in [-0.05, 0) is 85.7 Å². The van der Waals surface area contributed by atoms with Crippen LogP contribution in [0.1, 0.15) is 45.0 Å². The molecule has 7 heteroatoms. The molecule has 1 saturated heterocycles. The molecule has 2 atom stereocenters. The maximum atomic E-state index is 12.0. The number of furan rings is 1. The van der Waals surface area contributed by atoms with Crippen molar-refractivity contribution in [1.29, 1.82) is 0 Å². The largest absolute Gasteiger partial charge is 0.465 e. The van der Waals surface area contributed by atoms with Crippen LogP contribution in [0.25, 0.3) is 11.3 Å². The van der Waals surface area contributed by atoms with E-state index in [0.29, 0.717) is 16.4 Å². The summed E-state index contributed by atoms with van der Waals surface area (Å²) in [6, 6.07) is 22.8. The summed E-state index contributed by atoms with van der Waals surface area (Å²) in [5.74, 6) is 1.01. The van der Waals surface area contributed by atoms with Gasteiger partial charge in [-0.2, -0.15) is 0 Å². The Morgan fingerprint density at radius 1 is 1.03 bits per heavy atom. The molecule has 1 fully saturated rings. The normalized spacial score (nSPS) is 17.3. The summed E-state index contributed by atoms with van der Waals surface area (Å²) in [5, 5.41) is 4.07. The lowest BCUT2D eigenvalue weighted by Gasteiger charge is -2.26. The number of ether oxygens (including phenoxy) is 1. The molecule has 0 amide bonds. The van der Waals surface area contributed by atoms with E-state index in [2.05, 4.69) is 47.2 Å². The van der Waals surface area contributed by atoms with Gasteiger partial charge in [0.1, 0.15) is 17.6 Å². The van der Waals surface area contributed by atoms with E-state index in [1.165, 1.54) is 18.2 Å². The number of carbonyl (C=O) groups is 1. The van der Waals surface area contributed by atoms with Crippen LogP contribution in [0, 0.1) is 13.8 Å². The Bertz CT molecular complexity index is 1400. The Balaban J connectivity index is 1.58. The summed E-state index contributed by atoms with van der Waals surface area (Å²) in [6.45, 7) is 4.19. The molecule has 0 aliphatic carbocycles. The van der Waals surface area contributed by atoms with Crippen LogP contribution in [0.2, 0.25) is 0 Å². The van der Waals surface area contributed by atoms with Crippen LogP contribution in [-0.2, 0) is 4.74 Å². The zero-order chi connectivity index (χ0) is 24.5. The van der Waals surface area contributed by atoms with Crippen molar-refractivity contribution < 1.29 is 13.9 Å². The first kappa shape index (κ1) is 22.8. The second kappa shape index (κ2) is 9.35. The Kier molecular flexibility index (Phi) is 6.09. The molecule has 0 saturated carbocycles. The molecule has 2 aromatic heterocycles. The fourth-order valence-electron chi connectivity index (χ4n) is 4.38. The van der Waals surface area contributed by atoms with Crippen molar-refractivity contribution in [3.8, 4) is 11.3 Å². The monoisotopic (exact) mass is 483 g/mol. The summed E-state index contributed by atoms with van der Waals surface area (Å²) in [6.07, 6.45) is 1.78. The van der Waals surface area contributed by atoms with Gasteiger partial charge in [-0.1, -0.05) is 24.3 Å². The highest BCUT2D eigenvalue weighted by atomic mass is 32.1. The van der Waals surface area contributed by atoms with Crippen LogP contribution in [0.15, 0.2) is 83.4 Å².